The Bertz CT molecular complexity index is 1540. The van der Waals surface area contributed by atoms with Gasteiger partial charge in [0.2, 0.25) is 5.43 Å². The minimum absolute atomic E-state index is 0.0812. The van der Waals surface area contributed by atoms with E-state index in [4.69, 9.17) is 27.6 Å². The first-order valence-corrected chi connectivity index (χ1v) is 9.22. The van der Waals surface area contributed by atoms with Crippen LogP contribution in [0.3, 0.4) is 0 Å². The molecule has 8 nitrogen and oxygen atoms in total. The van der Waals surface area contributed by atoms with Crippen LogP contribution < -0.4 is 15.6 Å². The Hall–Kier alpha value is -3.62. The monoisotopic (exact) mass is 439 g/mol. The van der Waals surface area contributed by atoms with Gasteiger partial charge in [-0.2, -0.15) is 15.4 Å². The van der Waals surface area contributed by atoms with Crippen molar-refractivity contribution >= 4 is 51.2 Å². The third kappa shape index (κ3) is 2.62. The minimum Gasteiger partial charge on any atom is -0.871 e. The number of carboxylic acids is 1. The number of carboxylic acid groups (broad SMARTS) is 1. The number of hydrogen-bond acceptors (Lipinski definition) is 7. The van der Waals surface area contributed by atoms with Crippen LogP contribution in [0.2, 0.25) is 10.0 Å². The maximum Gasteiger partial charge on any atom is 0.200 e. The molecule has 0 bridgehead atoms. The number of aromatic nitrogens is 3. The molecule has 0 atom stereocenters. The summed E-state index contributed by atoms with van der Waals surface area (Å²) in [6.07, 6.45) is 0. The summed E-state index contributed by atoms with van der Waals surface area (Å²) >= 11 is 12.1. The topological polar surface area (TPSA) is 135 Å². The molecule has 1 N–H and O–H groups in total. The van der Waals surface area contributed by atoms with Gasteiger partial charge in [-0.25, -0.2) is 0 Å². The Morgan fingerprint density at radius 2 is 1.83 bits per heavy atom. The summed E-state index contributed by atoms with van der Waals surface area (Å²) in [5.41, 5.74) is 0.747. The SMILES string of the molecule is O=C([O-])c1c(-c2c3cc(Cl)c(=O)cc-3oc3cc([O-])c(Cl)cc23)ccc2n[nH]nc12. The normalized spacial score (nSPS) is 11.5. The van der Waals surface area contributed by atoms with Gasteiger partial charge in [-0.3, -0.25) is 4.79 Å². The molecular weight excluding hydrogens is 433 g/mol. The van der Waals surface area contributed by atoms with Crippen LogP contribution >= 0.6 is 23.2 Å². The Balaban J connectivity index is 2.04. The van der Waals surface area contributed by atoms with Crippen molar-refractivity contribution in [2.24, 2.45) is 0 Å². The van der Waals surface area contributed by atoms with Crippen LogP contribution in [0.25, 0.3) is 44.5 Å². The highest BCUT2D eigenvalue weighted by molar-refractivity contribution is 6.33. The standard InChI is InChI=1S/C20H9Cl2N3O5/c21-10-3-8-15(5-13(10)26)30-16-6-14(27)11(22)4-9(16)17(8)7-1-2-12-19(24-25-23-12)18(7)20(28)29/h1-6,26H,(H,28,29)(H,23,24,25)/p-2. The fraction of sp³-hybridized carbons (Fsp3) is 0. The minimum atomic E-state index is -1.48. The zero-order chi connectivity index (χ0) is 21.2. The van der Waals surface area contributed by atoms with Gasteiger partial charge in [-0.15, -0.1) is 0 Å². The molecule has 10 heteroatoms. The number of H-pyrrole nitrogens is 1. The van der Waals surface area contributed by atoms with E-state index < -0.39 is 17.1 Å². The number of rotatable bonds is 2. The second-order valence-corrected chi connectivity index (χ2v) is 7.32. The molecule has 1 aromatic heterocycles. The Kier molecular flexibility index (Phi) is 3.96. The van der Waals surface area contributed by atoms with E-state index in [9.17, 15) is 19.8 Å². The molecule has 0 unspecified atom stereocenters. The van der Waals surface area contributed by atoms with Crippen LogP contribution in [0.1, 0.15) is 10.4 Å². The lowest BCUT2D eigenvalue weighted by Crippen LogP contribution is -2.23. The Labute approximate surface area is 176 Å². The first-order chi connectivity index (χ1) is 14.3. The van der Waals surface area contributed by atoms with E-state index in [-0.39, 0.29) is 38.0 Å². The predicted octanol–water partition coefficient (Wildman–Crippen LogP) is 2.58. The molecule has 0 spiro atoms. The summed E-state index contributed by atoms with van der Waals surface area (Å²) in [6.45, 7) is 0. The molecule has 0 amide bonds. The van der Waals surface area contributed by atoms with Gasteiger partial charge in [0, 0.05) is 33.2 Å². The number of benzene rings is 3. The summed E-state index contributed by atoms with van der Waals surface area (Å²) in [6, 6.07) is 8.21. The van der Waals surface area contributed by atoms with E-state index in [0.29, 0.717) is 22.0 Å². The van der Waals surface area contributed by atoms with Crippen LogP contribution in [0, 0.1) is 0 Å². The summed E-state index contributed by atoms with van der Waals surface area (Å²) in [4.78, 5) is 24.1. The van der Waals surface area contributed by atoms with E-state index in [2.05, 4.69) is 15.4 Å². The highest BCUT2D eigenvalue weighted by atomic mass is 35.5. The molecule has 5 rings (SSSR count). The molecule has 2 aliphatic rings. The van der Waals surface area contributed by atoms with E-state index in [1.807, 2.05) is 0 Å². The number of nitrogens with one attached hydrogen (secondary N) is 1. The Morgan fingerprint density at radius 1 is 1.03 bits per heavy atom. The van der Waals surface area contributed by atoms with Crippen LogP contribution in [0.4, 0.5) is 0 Å². The molecule has 148 valence electrons. The maximum absolute atomic E-state index is 12.1. The summed E-state index contributed by atoms with van der Waals surface area (Å²) in [5, 5.41) is 34.5. The van der Waals surface area contributed by atoms with Gasteiger partial charge in [0.05, 0.1) is 11.0 Å². The average molecular weight is 440 g/mol. The number of halogens is 2. The molecule has 3 aromatic rings. The third-order valence-electron chi connectivity index (χ3n) is 4.79. The van der Waals surface area contributed by atoms with Gasteiger partial charge in [-0.1, -0.05) is 35.0 Å². The smallest absolute Gasteiger partial charge is 0.200 e. The van der Waals surface area contributed by atoms with E-state index in [0.717, 1.165) is 0 Å². The van der Waals surface area contributed by atoms with Crippen molar-refractivity contribution in [3.63, 3.8) is 0 Å². The number of hydrogen-bond donors (Lipinski definition) is 1. The lowest BCUT2D eigenvalue weighted by molar-refractivity contribution is -0.268. The Morgan fingerprint density at radius 3 is 2.60 bits per heavy atom. The predicted molar refractivity (Wildman–Crippen MR) is 106 cm³/mol. The highest BCUT2D eigenvalue weighted by Crippen LogP contribution is 2.44. The second-order valence-electron chi connectivity index (χ2n) is 6.50. The molecular formula is C20H7Cl2N3O5-2. The molecule has 0 saturated carbocycles. The number of aromatic amines is 1. The molecule has 2 heterocycles. The van der Waals surface area contributed by atoms with Gasteiger partial charge >= 0.3 is 0 Å². The van der Waals surface area contributed by atoms with Crippen molar-refractivity contribution in [1.82, 2.24) is 15.4 Å². The zero-order valence-corrected chi connectivity index (χ0v) is 16.2. The first-order valence-electron chi connectivity index (χ1n) is 8.47. The molecule has 0 saturated heterocycles. The van der Waals surface area contributed by atoms with Crippen LogP contribution in [0.15, 0.2) is 45.6 Å². The fourth-order valence-corrected chi connectivity index (χ4v) is 3.84. The maximum atomic E-state index is 12.1. The molecule has 30 heavy (non-hydrogen) atoms. The number of aromatic carboxylic acids is 1. The van der Waals surface area contributed by atoms with Gasteiger partial charge in [0.1, 0.15) is 22.4 Å². The van der Waals surface area contributed by atoms with Crippen molar-refractivity contribution in [2.75, 3.05) is 0 Å². The van der Waals surface area contributed by atoms with E-state index in [1.54, 1.807) is 6.07 Å². The van der Waals surface area contributed by atoms with Crippen LogP contribution in [0.5, 0.6) is 5.75 Å². The van der Waals surface area contributed by atoms with Crippen molar-refractivity contribution < 1.29 is 19.4 Å². The van der Waals surface area contributed by atoms with Crippen molar-refractivity contribution in [3.8, 4) is 28.2 Å². The average Bonchev–Trinajstić information content (AvgIpc) is 3.17. The third-order valence-corrected chi connectivity index (χ3v) is 5.38. The number of carbonyl (C=O) groups is 1. The molecule has 1 aliphatic heterocycles. The van der Waals surface area contributed by atoms with Crippen molar-refractivity contribution in [1.29, 1.82) is 0 Å². The number of carbonyl (C=O) groups excluding carboxylic acids is 1. The largest absolute Gasteiger partial charge is 0.871 e. The second kappa shape index (κ2) is 6.45. The molecule has 2 aromatic carbocycles. The molecule has 0 radical (unpaired) electrons. The molecule has 0 fully saturated rings. The van der Waals surface area contributed by atoms with Gasteiger partial charge in [0.25, 0.3) is 0 Å². The van der Waals surface area contributed by atoms with Gasteiger partial charge in [0.15, 0.2) is 0 Å². The van der Waals surface area contributed by atoms with Crippen molar-refractivity contribution in [3.05, 3.63) is 62.2 Å². The van der Waals surface area contributed by atoms with E-state index >= 15 is 0 Å². The fourth-order valence-electron chi connectivity index (χ4n) is 3.51. The van der Waals surface area contributed by atoms with Gasteiger partial charge in [-0.05, 0) is 29.8 Å². The number of fused-ring (bicyclic) bond motifs is 3. The van der Waals surface area contributed by atoms with E-state index in [1.165, 1.54) is 30.3 Å². The quantitative estimate of drug-likeness (QED) is 0.417. The van der Waals surface area contributed by atoms with Crippen LogP contribution in [-0.2, 0) is 0 Å². The van der Waals surface area contributed by atoms with Gasteiger partial charge < -0.3 is 19.4 Å². The summed E-state index contributed by atoms with van der Waals surface area (Å²) in [5.74, 6) is -1.84. The van der Waals surface area contributed by atoms with Crippen LogP contribution in [-0.4, -0.2) is 21.4 Å². The highest BCUT2D eigenvalue weighted by Gasteiger charge is 2.23. The summed E-state index contributed by atoms with van der Waals surface area (Å²) < 4.78 is 5.74. The lowest BCUT2D eigenvalue weighted by atomic mass is 9.90. The zero-order valence-electron chi connectivity index (χ0n) is 14.7. The summed E-state index contributed by atoms with van der Waals surface area (Å²) in [7, 11) is 0. The first kappa shape index (κ1) is 18.4. The molecule has 1 aliphatic carbocycles. The lowest BCUT2D eigenvalue weighted by Gasteiger charge is -2.20. The van der Waals surface area contributed by atoms with Crippen molar-refractivity contribution in [2.45, 2.75) is 0 Å². The number of nitrogens with zero attached hydrogens (tertiary/aromatic N) is 2.